The number of halogens is 4. The van der Waals surface area contributed by atoms with E-state index in [1.165, 1.54) is 44.3 Å². The van der Waals surface area contributed by atoms with Gasteiger partial charge >= 0.3 is 6.18 Å². The molecule has 2 aromatic rings. The largest absolute Gasteiger partial charge is 0.434 e. The average molecular weight is 431 g/mol. The highest BCUT2D eigenvalue weighted by atomic mass is 35.5. The fraction of sp³-hybridized carbons (Fsp3) is 0.333. The van der Waals surface area contributed by atoms with Crippen LogP contribution in [0.5, 0.6) is 0 Å². The Balaban J connectivity index is 2.32. The number of carbonyl (C=O) groups excluding carboxylic acids is 2. The Labute approximate surface area is 169 Å². The molecule has 0 bridgehead atoms. The summed E-state index contributed by atoms with van der Waals surface area (Å²) in [6.45, 7) is 3.98. The Hall–Kier alpha value is -2.72. The number of aromatic nitrogens is 2. The number of pyridine rings is 2. The van der Waals surface area contributed by atoms with Gasteiger partial charge in [-0.2, -0.15) is 13.2 Å². The van der Waals surface area contributed by atoms with Gasteiger partial charge < -0.3 is 5.32 Å². The minimum absolute atomic E-state index is 0.00551. The molecule has 2 rings (SSSR count). The molecule has 0 aliphatic rings. The van der Waals surface area contributed by atoms with Gasteiger partial charge in [0.25, 0.3) is 11.0 Å². The van der Waals surface area contributed by atoms with E-state index in [-0.39, 0.29) is 16.9 Å². The van der Waals surface area contributed by atoms with E-state index in [4.69, 9.17) is 16.4 Å². The van der Waals surface area contributed by atoms with Crippen LogP contribution in [-0.4, -0.2) is 33.0 Å². The SMILES string of the molecule is CC(=O)Nc1cc(C(C)C(Cl)(ONC(=O)c2cccnc2)C(F)(F)F)cc(C)n1. The molecule has 0 aliphatic heterocycles. The first-order valence-electron chi connectivity index (χ1n) is 8.34. The van der Waals surface area contributed by atoms with Gasteiger partial charge in [0.1, 0.15) is 5.82 Å². The van der Waals surface area contributed by atoms with E-state index in [2.05, 4.69) is 15.3 Å². The molecule has 2 N–H and O–H groups in total. The zero-order valence-electron chi connectivity index (χ0n) is 15.7. The van der Waals surface area contributed by atoms with Crippen molar-refractivity contribution in [2.75, 3.05) is 5.32 Å². The van der Waals surface area contributed by atoms with Crippen LogP contribution in [0.2, 0.25) is 0 Å². The molecule has 2 atom stereocenters. The summed E-state index contributed by atoms with van der Waals surface area (Å²) in [6, 6.07) is 5.43. The third-order valence-electron chi connectivity index (χ3n) is 3.94. The van der Waals surface area contributed by atoms with E-state index in [0.29, 0.717) is 5.69 Å². The highest BCUT2D eigenvalue weighted by Crippen LogP contribution is 2.47. The number of nitrogens with zero attached hydrogens (tertiary/aromatic N) is 2. The Morgan fingerprint density at radius 1 is 1.28 bits per heavy atom. The second-order valence-electron chi connectivity index (χ2n) is 6.25. The van der Waals surface area contributed by atoms with Crippen molar-refractivity contribution in [1.29, 1.82) is 0 Å². The van der Waals surface area contributed by atoms with Gasteiger partial charge in [0.05, 0.1) is 5.56 Å². The molecular weight excluding hydrogens is 413 g/mol. The normalized spacial score (nSPS) is 14.6. The summed E-state index contributed by atoms with van der Waals surface area (Å²) < 4.78 is 41.4. The predicted octanol–water partition coefficient (Wildman–Crippen LogP) is 3.71. The maximum absolute atomic E-state index is 13.8. The molecule has 11 heteroatoms. The minimum atomic E-state index is -5.05. The zero-order valence-corrected chi connectivity index (χ0v) is 16.4. The Bertz CT molecular complexity index is 896. The maximum atomic E-state index is 13.8. The average Bonchev–Trinajstić information content (AvgIpc) is 2.64. The van der Waals surface area contributed by atoms with Gasteiger partial charge in [0, 0.05) is 30.9 Å². The number of nitrogens with one attached hydrogen (secondary N) is 2. The second kappa shape index (κ2) is 8.75. The van der Waals surface area contributed by atoms with Gasteiger partial charge in [-0.3, -0.25) is 14.6 Å². The summed E-state index contributed by atoms with van der Waals surface area (Å²) in [6.07, 6.45) is -2.49. The molecular formula is C18H18ClF3N4O3. The maximum Gasteiger partial charge on any atom is 0.434 e. The van der Waals surface area contributed by atoms with Crippen LogP contribution in [0.1, 0.15) is 41.4 Å². The van der Waals surface area contributed by atoms with Gasteiger partial charge in [-0.25, -0.2) is 15.3 Å². The molecule has 2 aromatic heterocycles. The van der Waals surface area contributed by atoms with Gasteiger partial charge in [-0.05, 0) is 36.8 Å². The quantitative estimate of drug-likeness (QED) is 0.538. The number of carbonyl (C=O) groups is 2. The van der Waals surface area contributed by atoms with Crippen molar-refractivity contribution in [2.45, 2.75) is 37.9 Å². The van der Waals surface area contributed by atoms with Crippen molar-refractivity contribution in [3.8, 4) is 0 Å². The van der Waals surface area contributed by atoms with E-state index >= 15 is 0 Å². The molecule has 2 heterocycles. The van der Waals surface area contributed by atoms with Crippen molar-refractivity contribution < 1.29 is 27.6 Å². The van der Waals surface area contributed by atoms with Crippen molar-refractivity contribution >= 4 is 29.2 Å². The Morgan fingerprint density at radius 3 is 2.52 bits per heavy atom. The molecule has 2 amide bonds. The number of anilines is 1. The van der Waals surface area contributed by atoms with Crippen LogP contribution in [0.15, 0.2) is 36.7 Å². The number of hydrogen-bond donors (Lipinski definition) is 2. The monoisotopic (exact) mass is 430 g/mol. The number of aryl methyl sites for hydroxylation is 1. The molecule has 156 valence electrons. The van der Waals surface area contributed by atoms with E-state index in [0.717, 1.165) is 6.20 Å². The highest BCUT2D eigenvalue weighted by Gasteiger charge is 2.60. The third-order valence-corrected chi connectivity index (χ3v) is 4.56. The van der Waals surface area contributed by atoms with Crippen LogP contribution >= 0.6 is 11.6 Å². The van der Waals surface area contributed by atoms with Gasteiger partial charge in [-0.15, -0.1) is 0 Å². The molecule has 0 saturated heterocycles. The molecule has 0 aliphatic carbocycles. The zero-order chi connectivity index (χ0) is 21.8. The molecule has 0 spiro atoms. The number of amides is 2. The lowest BCUT2D eigenvalue weighted by Crippen LogP contribution is -2.50. The predicted molar refractivity (Wildman–Crippen MR) is 99.1 cm³/mol. The van der Waals surface area contributed by atoms with Crippen LogP contribution in [-0.2, 0) is 9.63 Å². The van der Waals surface area contributed by atoms with E-state index in [9.17, 15) is 22.8 Å². The summed E-state index contributed by atoms with van der Waals surface area (Å²) >= 11 is 5.86. The van der Waals surface area contributed by atoms with Crippen molar-refractivity contribution in [3.63, 3.8) is 0 Å². The fourth-order valence-electron chi connectivity index (χ4n) is 2.47. The number of rotatable bonds is 6. The van der Waals surface area contributed by atoms with E-state index in [1.807, 2.05) is 0 Å². The van der Waals surface area contributed by atoms with Gasteiger partial charge in [-0.1, -0.05) is 18.5 Å². The van der Waals surface area contributed by atoms with Gasteiger partial charge in [0.2, 0.25) is 5.91 Å². The first kappa shape index (κ1) is 22.6. The highest BCUT2D eigenvalue weighted by molar-refractivity contribution is 6.24. The van der Waals surface area contributed by atoms with Crippen molar-refractivity contribution in [2.24, 2.45) is 0 Å². The molecule has 0 saturated carbocycles. The lowest BCUT2D eigenvalue weighted by Gasteiger charge is -2.34. The van der Waals surface area contributed by atoms with Gasteiger partial charge in [0.15, 0.2) is 0 Å². The third kappa shape index (κ3) is 5.42. The summed E-state index contributed by atoms with van der Waals surface area (Å²) in [5.74, 6) is -2.79. The molecule has 0 radical (unpaired) electrons. The Kier molecular flexibility index (Phi) is 6.81. The van der Waals surface area contributed by atoms with E-state index in [1.54, 1.807) is 12.4 Å². The molecule has 29 heavy (non-hydrogen) atoms. The first-order valence-corrected chi connectivity index (χ1v) is 8.72. The van der Waals surface area contributed by atoms with Crippen LogP contribution in [0.3, 0.4) is 0 Å². The summed E-state index contributed by atoms with van der Waals surface area (Å²) in [4.78, 5) is 35.7. The second-order valence-corrected chi connectivity index (χ2v) is 6.81. The van der Waals surface area contributed by atoms with Crippen molar-refractivity contribution in [3.05, 3.63) is 53.5 Å². The summed E-state index contributed by atoms with van der Waals surface area (Å²) in [5.41, 5.74) is 2.20. The minimum Gasteiger partial charge on any atom is -0.311 e. The number of hydrogen-bond acceptors (Lipinski definition) is 5. The standard InChI is InChI=1S/C18H18ClF3N4O3/c1-10-7-14(8-15(24-10)25-12(3)27)11(2)17(19,18(20,21)22)29-26-16(28)13-5-4-6-23-9-13/h4-9,11H,1-3H3,(H,26,28)(H,24,25,27). The van der Waals surface area contributed by atoms with Crippen molar-refractivity contribution in [1.82, 2.24) is 15.4 Å². The fourth-order valence-corrected chi connectivity index (χ4v) is 2.64. The topological polar surface area (TPSA) is 93.2 Å². The smallest absolute Gasteiger partial charge is 0.311 e. The van der Waals surface area contributed by atoms with Crippen LogP contribution < -0.4 is 10.8 Å². The van der Waals surface area contributed by atoms with E-state index < -0.39 is 29.0 Å². The first-order chi connectivity index (χ1) is 13.4. The number of hydroxylamine groups is 1. The molecule has 7 nitrogen and oxygen atoms in total. The van der Waals surface area contributed by atoms with Crippen LogP contribution in [0.4, 0.5) is 19.0 Å². The lowest BCUT2D eigenvalue weighted by atomic mass is 9.94. The lowest BCUT2D eigenvalue weighted by molar-refractivity contribution is -0.260. The molecule has 0 fully saturated rings. The Morgan fingerprint density at radius 2 is 1.97 bits per heavy atom. The summed E-state index contributed by atoms with van der Waals surface area (Å²) in [7, 11) is 0. The number of alkyl halides is 4. The molecule has 2 unspecified atom stereocenters. The van der Waals surface area contributed by atoms with Crippen LogP contribution in [0.25, 0.3) is 0 Å². The molecule has 0 aromatic carbocycles. The summed E-state index contributed by atoms with van der Waals surface area (Å²) in [5, 5.41) is -0.875. The van der Waals surface area contributed by atoms with Crippen LogP contribution in [0, 0.1) is 6.92 Å².